The lowest BCUT2D eigenvalue weighted by molar-refractivity contribution is 0.238. The van der Waals surface area contributed by atoms with Crippen LogP contribution in [-0.2, 0) is 0 Å². The molecule has 0 aromatic rings. The minimum atomic E-state index is 0.645. The van der Waals surface area contributed by atoms with Gasteiger partial charge in [-0.05, 0) is 40.3 Å². The molecule has 2 atom stereocenters. The van der Waals surface area contributed by atoms with E-state index >= 15 is 0 Å². The highest BCUT2D eigenvalue weighted by molar-refractivity contribution is 4.91. The van der Waals surface area contributed by atoms with Crippen molar-refractivity contribution in [3.05, 3.63) is 12.2 Å². The zero-order valence-corrected chi connectivity index (χ0v) is 8.52. The molecule has 0 heterocycles. The predicted octanol–water partition coefficient (Wildman–Crippen LogP) is 2.54. The number of hydrogen-bond acceptors (Lipinski definition) is 1. The van der Waals surface area contributed by atoms with Crippen LogP contribution in [0.5, 0.6) is 0 Å². The quantitative estimate of drug-likeness (QED) is 0.564. The van der Waals surface area contributed by atoms with Gasteiger partial charge in [-0.15, -0.1) is 6.58 Å². The summed E-state index contributed by atoms with van der Waals surface area (Å²) in [7, 11) is 4.25. The van der Waals surface area contributed by atoms with Crippen LogP contribution in [0.3, 0.4) is 0 Å². The van der Waals surface area contributed by atoms with Gasteiger partial charge in [0, 0.05) is 6.04 Å². The Kier molecular flexibility index (Phi) is 4.43. The third-order valence-electron chi connectivity index (χ3n) is 2.31. The van der Waals surface area contributed by atoms with E-state index in [-0.39, 0.29) is 0 Å². The smallest absolute Gasteiger partial charge is 0.00895 e. The monoisotopic (exact) mass is 155 g/mol. The maximum atomic E-state index is 3.92. The van der Waals surface area contributed by atoms with Crippen LogP contribution in [0.2, 0.25) is 0 Å². The van der Waals surface area contributed by atoms with Crippen LogP contribution >= 0.6 is 0 Å². The zero-order chi connectivity index (χ0) is 9.02. The van der Waals surface area contributed by atoms with Crippen molar-refractivity contribution < 1.29 is 0 Å². The Hall–Kier alpha value is -0.300. The molecule has 1 heteroatoms. The minimum absolute atomic E-state index is 0.645. The first-order chi connectivity index (χ1) is 4.95. The molecule has 0 spiro atoms. The molecular weight excluding hydrogens is 134 g/mol. The van der Waals surface area contributed by atoms with E-state index in [2.05, 4.69) is 46.3 Å². The highest BCUT2D eigenvalue weighted by atomic mass is 15.1. The molecule has 0 saturated heterocycles. The fourth-order valence-corrected chi connectivity index (χ4v) is 1.23. The number of nitrogens with zero attached hydrogens (tertiary/aromatic N) is 1. The van der Waals surface area contributed by atoms with Crippen molar-refractivity contribution in [2.75, 3.05) is 14.1 Å². The van der Waals surface area contributed by atoms with Gasteiger partial charge >= 0.3 is 0 Å². The van der Waals surface area contributed by atoms with Crippen LogP contribution < -0.4 is 0 Å². The third-order valence-corrected chi connectivity index (χ3v) is 2.31. The van der Waals surface area contributed by atoms with E-state index in [1.54, 1.807) is 0 Å². The molecule has 0 bridgehead atoms. The fraction of sp³-hybridized carbons (Fsp3) is 0.800. The molecule has 0 aliphatic rings. The Labute approximate surface area is 71.1 Å². The largest absolute Gasteiger partial charge is 0.306 e. The first kappa shape index (κ1) is 10.7. The Morgan fingerprint density at radius 3 is 2.09 bits per heavy atom. The molecule has 0 N–H and O–H groups in total. The topological polar surface area (TPSA) is 3.24 Å². The summed E-state index contributed by atoms with van der Waals surface area (Å²) in [4.78, 5) is 2.26. The highest BCUT2D eigenvalue weighted by Crippen LogP contribution is 2.15. The van der Waals surface area contributed by atoms with Gasteiger partial charge in [0.05, 0.1) is 0 Å². The van der Waals surface area contributed by atoms with Crippen molar-refractivity contribution in [3.8, 4) is 0 Å². The molecule has 0 rings (SSSR count). The third kappa shape index (κ3) is 4.20. The maximum absolute atomic E-state index is 3.92. The molecule has 66 valence electrons. The molecule has 2 unspecified atom stereocenters. The maximum Gasteiger partial charge on any atom is 0.00895 e. The number of allylic oxidation sites excluding steroid dienone is 1. The van der Waals surface area contributed by atoms with E-state index in [1.807, 2.05) is 0 Å². The van der Waals surface area contributed by atoms with Crippen LogP contribution in [0.15, 0.2) is 12.2 Å². The van der Waals surface area contributed by atoms with E-state index < -0.39 is 0 Å². The van der Waals surface area contributed by atoms with Crippen molar-refractivity contribution in [1.29, 1.82) is 0 Å². The van der Waals surface area contributed by atoms with Crippen LogP contribution in [0.1, 0.15) is 27.2 Å². The van der Waals surface area contributed by atoms with Gasteiger partial charge < -0.3 is 4.90 Å². The highest BCUT2D eigenvalue weighted by Gasteiger charge is 2.13. The van der Waals surface area contributed by atoms with Gasteiger partial charge in [0.1, 0.15) is 0 Å². The molecule has 0 radical (unpaired) electrons. The molecule has 0 aromatic heterocycles. The lowest BCUT2D eigenvalue weighted by Gasteiger charge is -2.26. The standard InChI is InChI=1S/C10H21N/c1-8(2)7-9(3)10(4)11(5)6/h9-10H,1,7H2,2-6H3. The summed E-state index contributed by atoms with van der Waals surface area (Å²) in [6.07, 6.45) is 1.14. The van der Waals surface area contributed by atoms with Gasteiger partial charge in [0.2, 0.25) is 0 Å². The first-order valence-electron chi connectivity index (χ1n) is 4.26. The summed E-state index contributed by atoms with van der Waals surface area (Å²) >= 11 is 0. The normalized spacial score (nSPS) is 16.5. The number of rotatable bonds is 4. The van der Waals surface area contributed by atoms with E-state index in [0.717, 1.165) is 6.42 Å². The van der Waals surface area contributed by atoms with Crippen LogP contribution in [0.25, 0.3) is 0 Å². The zero-order valence-electron chi connectivity index (χ0n) is 8.52. The molecule has 0 amide bonds. The Morgan fingerprint density at radius 1 is 1.36 bits per heavy atom. The Morgan fingerprint density at radius 2 is 1.82 bits per heavy atom. The molecule has 1 nitrogen and oxygen atoms in total. The van der Waals surface area contributed by atoms with E-state index in [9.17, 15) is 0 Å². The second-order valence-corrected chi connectivity index (χ2v) is 3.84. The second-order valence-electron chi connectivity index (χ2n) is 3.84. The average molecular weight is 155 g/mol. The molecule has 0 fully saturated rings. The van der Waals surface area contributed by atoms with Crippen molar-refractivity contribution in [2.24, 2.45) is 5.92 Å². The molecule has 11 heavy (non-hydrogen) atoms. The molecule has 0 saturated carbocycles. The summed E-state index contributed by atoms with van der Waals surface area (Å²) in [6.45, 7) is 10.5. The summed E-state index contributed by atoms with van der Waals surface area (Å²) in [5, 5.41) is 0. The van der Waals surface area contributed by atoms with Crippen molar-refractivity contribution >= 4 is 0 Å². The van der Waals surface area contributed by atoms with Crippen LogP contribution in [0, 0.1) is 5.92 Å². The van der Waals surface area contributed by atoms with Gasteiger partial charge in [-0.2, -0.15) is 0 Å². The van der Waals surface area contributed by atoms with Crippen LogP contribution in [0.4, 0.5) is 0 Å². The lowest BCUT2D eigenvalue weighted by Crippen LogP contribution is -2.30. The predicted molar refractivity (Wildman–Crippen MR) is 51.7 cm³/mol. The van der Waals surface area contributed by atoms with Gasteiger partial charge in [-0.25, -0.2) is 0 Å². The van der Waals surface area contributed by atoms with Crippen molar-refractivity contribution in [1.82, 2.24) is 4.90 Å². The molecule has 0 aromatic carbocycles. The summed E-state index contributed by atoms with van der Waals surface area (Å²) < 4.78 is 0. The van der Waals surface area contributed by atoms with Gasteiger partial charge in [-0.1, -0.05) is 12.5 Å². The lowest BCUT2D eigenvalue weighted by atomic mass is 9.96. The first-order valence-corrected chi connectivity index (χ1v) is 4.26. The van der Waals surface area contributed by atoms with Crippen molar-refractivity contribution in [3.63, 3.8) is 0 Å². The SMILES string of the molecule is C=C(C)CC(C)C(C)N(C)C. The molecule has 0 aliphatic carbocycles. The Bertz CT molecular complexity index is 127. The van der Waals surface area contributed by atoms with Crippen LogP contribution in [-0.4, -0.2) is 25.0 Å². The van der Waals surface area contributed by atoms with Gasteiger partial charge in [0.25, 0.3) is 0 Å². The van der Waals surface area contributed by atoms with E-state index in [4.69, 9.17) is 0 Å². The fourth-order valence-electron chi connectivity index (χ4n) is 1.23. The van der Waals surface area contributed by atoms with Gasteiger partial charge in [-0.3, -0.25) is 0 Å². The summed E-state index contributed by atoms with van der Waals surface area (Å²) in [6, 6.07) is 0.645. The number of hydrogen-bond donors (Lipinski definition) is 0. The molecular formula is C10H21N. The minimum Gasteiger partial charge on any atom is -0.306 e. The average Bonchev–Trinajstić information content (AvgIpc) is 1.84. The second kappa shape index (κ2) is 4.55. The summed E-state index contributed by atoms with van der Waals surface area (Å²) in [5.41, 5.74) is 1.28. The molecule has 0 aliphatic heterocycles. The van der Waals surface area contributed by atoms with Gasteiger partial charge in [0.15, 0.2) is 0 Å². The summed E-state index contributed by atoms with van der Waals surface area (Å²) in [5.74, 6) is 0.711. The Balaban J connectivity index is 3.82. The van der Waals surface area contributed by atoms with E-state index in [1.165, 1.54) is 5.57 Å². The van der Waals surface area contributed by atoms with E-state index in [0.29, 0.717) is 12.0 Å². The van der Waals surface area contributed by atoms with Crippen molar-refractivity contribution in [2.45, 2.75) is 33.2 Å².